The normalized spacial score (nSPS) is 14.5. The standard InChI is InChI=1S/C23H26FN5O.CH2O2/c1-2-29-15-18(12-27-29)14-28-16-23(17-28,11-19-7-3-4-9-21(19)24)22(30)26-13-20-8-5-6-10-25-20;2-1-3/h3-10,12,15H,2,11,13-14,16-17H2,1H3,(H,26,30);1H,(H,2,3). The van der Waals surface area contributed by atoms with E-state index in [1.165, 1.54) is 6.07 Å². The Morgan fingerprint density at radius 2 is 1.97 bits per heavy atom. The van der Waals surface area contributed by atoms with E-state index in [9.17, 15) is 9.18 Å². The molecule has 8 nitrogen and oxygen atoms in total. The van der Waals surface area contributed by atoms with Crippen LogP contribution in [0.15, 0.2) is 61.1 Å². The van der Waals surface area contributed by atoms with Crippen molar-refractivity contribution in [2.24, 2.45) is 5.41 Å². The summed E-state index contributed by atoms with van der Waals surface area (Å²) in [5, 5.41) is 14.2. The van der Waals surface area contributed by atoms with Gasteiger partial charge in [0.25, 0.3) is 6.47 Å². The molecule has 1 aliphatic heterocycles. The topological polar surface area (TPSA) is 100 Å². The van der Waals surface area contributed by atoms with Crippen molar-refractivity contribution in [3.63, 3.8) is 0 Å². The molecular formula is C24H28FN5O3. The van der Waals surface area contributed by atoms with Crippen molar-refractivity contribution in [2.45, 2.75) is 33.0 Å². The molecule has 0 bridgehead atoms. The minimum Gasteiger partial charge on any atom is -0.483 e. The lowest BCUT2D eigenvalue weighted by atomic mass is 9.73. The lowest BCUT2D eigenvalue weighted by Crippen LogP contribution is -2.63. The molecule has 0 atom stereocenters. The molecule has 9 heteroatoms. The summed E-state index contributed by atoms with van der Waals surface area (Å²) in [6, 6.07) is 12.3. The second-order valence-corrected chi connectivity index (χ2v) is 8.01. The summed E-state index contributed by atoms with van der Waals surface area (Å²) in [5.41, 5.74) is 1.83. The number of hydrogen-bond donors (Lipinski definition) is 2. The van der Waals surface area contributed by atoms with E-state index in [2.05, 4.69) is 20.3 Å². The molecular weight excluding hydrogens is 425 g/mol. The predicted molar refractivity (Wildman–Crippen MR) is 120 cm³/mol. The number of benzene rings is 1. The fourth-order valence-corrected chi connectivity index (χ4v) is 4.04. The minimum absolute atomic E-state index is 0.0584. The maximum Gasteiger partial charge on any atom is 0.290 e. The van der Waals surface area contributed by atoms with Gasteiger partial charge in [-0.25, -0.2) is 4.39 Å². The van der Waals surface area contributed by atoms with Crippen molar-refractivity contribution in [3.8, 4) is 0 Å². The van der Waals surface area contributed by atoms with Gasteiger partial charge in [-0.3, -0.25) is 24.2 Å². The van der Waals surface area contributed by atoms with Gasteiger partial charge in [-0.2, -0.15) is 5.10 Å². The second kappa shape index (κ2) is 11.3. The first-order valence-electron chi connectivity index (χ1n) is 10.7. The van der Waals surface area contributed by atoms with Gasteiger partial charge in [0.1, 0.15) is 5.82 Å². The molecule has 2 aromatic heterocycles. The molecule has 0 radical (unpaired) electrons. The lowest BCUT2D eigenvalue weighted by molar-refractivity contribution is -0.142. The van der Waals surface area contributed by atoms with Gasteiger partial charge in [0.15, 0.2) is 0 Å². The van der Waals surface area contributed by atoms with E-state index < -0.39 is 5.41 Å². The minimum atomic E-state index is -0.655. The van der Waals surface area contributed by atoms with Crippen molar-refractivity contribution in [1.82, 2.24) is 25.0 Å². The number of hydrogen-bond acceptors (Lipinski definition) is 5. The van der Waals surface area contributed by atoms with Crippen LogP contribution < -0.4 is 5.32 Å². The smallest absolute Gasteiger partial charge is 0.290 e. The summed E-state index contributed by atoms with van der Waals surface area (Å²) in [4.78, 5) is 28.0. The summed E-state index contributed by atoms with van der Waals surface area (Å²) in [7, 11) is 0. The zero-order chi connectivity index (χ0) is 23.7. The highest BCUT2D eigenvalue weighted by molar-refractivity contribution is 5.84. The molecule has 174 valence electrons. The number of rotatable bonds is 8. The summed E-state index contributed by atoms with van der Waals surface area (Å²) >= 11 is 0. The summed E-state index contributed by atoms with van der Waals surface area (Å²) < 4.78 is 16.2. The van der Waals surface area contributed by atoms with Crippen LogP contribution in [0.2, 0.25) is 0 Å². The predicted octanol–water partition coefficient (Wildman–Crippen LogP) is 2.50. The van der Waals surface area contributed by atoms with Crippen LogP contribution in [0.1, 0.15) is 23.7 Å². The monoisotopic (exact) mass is 453 g/mol. The fraction of sp³-hybridized carbons (Fsp3) is 0.333. The molecule has 33 heavy (non-hydrogen) atoms. The Hall–Kier alpha value is -3.59. The van der Waals surface area contributed by atoms with Gasteiger partial charge < -0.3 is 10.4 Å². The molecule has 0 spiro atoms. The first kappa shape index (κ1) is 24.1. The number of aryl methyl sites for hydroxylation is 1. The average molecular weight is 454 g/mol. The van der Waals surface area contributed by atoms with E-state index in [4.69, 9.17) is 9.90 Å². The van der Waals surface area contributed by atoms with Crippen LogP contribution in [0.3, 0.4) is 0 Å². The SMILES string of the molecule is CCn1cc(CN2CC(Cc3ccccc3F)(C(=O)NCc3ccccn3)C2)cn1.O=CO. The second-order valence-electron chi connectivity index (χ2n) is 8.01. The molecule has 1 saturated heterocycles. The molecule has 2 N–H and O–H groups in total. The molecule has 0 aliphatic carbocycles. The third-order valence-corrected chi connectivity index (χ3v) is 5.59. The highest BCUT2D eigenvalue weighted by Crippen LogP contribution is 2.36. The van der Waals surface area contributed by atoms with Crippen LogP contribution in [0.5, 0.6) is 0 Å². The van der Waals surface area contributed by atoms with E-state index in [1.807, 2.05) is 48.3 Å². The zero-order valence-corrected chi connectivity index (χ0v) is 18.5. The van der Waals surface area contributed by atoms with Gasteiger partial charge in [-0.1, -0.05) is 24.3 Å². The Labute approximate surface area is 192 Å². The molecule has 1 aliphatic rings. The molecule has 1 fully saturated rings. The molecule has 3 aromatic rings. The van der Waals surface area contributed by atoms with E-state index in [0.717, 1.165) is 24.3 Å². The number of nitrogens with one attached hydrogen (secondary N) is 1. The van der Waals surface area contributed by atoms with Crippen LogP contribution in [0.4, 0.5) is 4.39 Å². The van der Waals surface area contributed by atoms with Crippen LogP contribution >= 0.6 is 0 Å². The fourth-order valence-electron chi connectivity index (χ4n) is 4.04. The van der Waals surface area contributed by atoms with Gasteiger partial charge in [-0.15, -0.1) is 0 Å². The van der Waals surface area contributed by atoms with Gasteiger partial charge in [-0.05, 0) is 37.1 Å². The third-order valence-electron chi connectivity index (χ3n) is 5.59. The Kier molecular flexibility index (Phi) is 8.26. The Morgan fingerprint density at radius 3 is 2.61 bits per heavy atom. The summed E-state index contributed by atoms with van der Waals surface area (Å²) in [5.74, 6) is -0.325. The average Bonchev–Trinajstić information content (AvgIpc) is 3.26. The van der Waals surface area contributed by atoms with Crippen LogP contribution in [0.25, 0.3) is 0 Å². The maximum atomic E-state index is 14.3. The van der Waals surface area contributed by atoms with E-state index in [0.29, 0.717) is 31.6 Å². The van der Waals surface area contributed by atoms with E-state index in [1.54, 1.807) is 18.3 Å². The van der Waals surface area contributed by atoms with Gasteiger partial charge in [0.05, 0.1) is 23.9 Å². The number of aromatic nitrogens is 3. The summed E-state index contributed by atoms with van der Waals surface area (Å²) in [6.45, 7) is 4.87. The lowest BCUT2D eigenvalue weighted by Gasteiger charge is -2.49. The first-order chi connectivity index (χ1) is 16.0. The maximum absolute atomic E-state index is 14.3. The highest BCUT2D eigenvalue weighted by Gasteiger charge is 2.49. The van der Waals surface area contributed by atoms with E-state index >= 15 is 0 Å². The number of carbonyl (C=O) groups excluding carboxylic acids is 1. The quantitative estimate of drug-likeness (QED) is 0.509. The number of pyridine rings is 1. The number of carboxylic acid groups (broad SMARTS) is 1. The number of nitrogens with zero attached hydrogens (tertiary/aromatic N) is 4. The van der Waals surface area contributed by atoms with Crippen molar-refractivity contribution in [3.05, 3.63) is 83.7 Å². The molecule has 0 saturated carbocycles. The van der Waals surface area contributed by atoms with Crippen LogP contribution in [0, 0.1) is 11.2 Å². The van der Waals surface area contributed by atoms with Gasteiger partial charge in [0, 0.05) is 44.1 Å². The zero-order valence-electron chi connectivity index (χ0n) is 18.5. The van der Waals surface area contributed by atoms with Crippen molar-refractivity contribution >= 4 is 12.4 Å². The number of carbonyl (C=O) groups is 2. The Balaban J connectivity index is 0.000000968. The molecule has 3 heterocycles. The summed E-state index contributed by atoms with van der Waals surface area (Å²) in [6.07, 6.45) is 5.97. The van der Waals surface area contributed by atoms with Crippen molar-refractivity contribution < 1.29 is 19.1 Å². The van der Waals surface area contributed by atoms with Crippen LogP contribution in [-0.2, 0) is 35.6 Å². The highest BCUT2D eigenvalue weighted by atomic mass is 19.1. The van der Waals surface area contributed by atoms with Gasteiger partial charge in [0.2, 0.25) is 5.91 Å². The van der Waals surface area contributed by atoms with Gasteiger partial charge >= 0.3 is 0 Å². The number of amides is 1. The van der Waals surface area contributed by atoms with Crippen molar-refractivity contribution in [1.29, 1.82) is 0 Å². The first-order valence-corrected chi connectivity index (χ1v) is 10.7. The molecule has 1 amide bonds. The molecule has 0 unspecified atom stereocenters. The van der Waals surface area contributed by atoms with Crippen LogP contribution in [-0.4, -0.2) is 50.2 Å². The molecule has 1 aromatic carbocycles. The van der Waals surface area contributed by atoms with E-state index in [-0.39, 0.29) is 18.2 Å². The number of halogens is 1. The molecule has 4 rings (SSSR count). The largest absolute Gasteiger partial charge is 0.483 e. The van der Waals surface area contributed by atoms with Crippen molar-refractivity contribution in [2.75, 3.05) is 13.1 Å². The number of likely N-dealkylation sites (tertiary alicyclic amines) is 1. The Morgan fingerprint density at radius 1 is 1.24 bits per heavy atom. The Bertz CT molecular complexity index is 1050. The third kappa shape index (κ3) is 6.23.